The first-order valence-corrected chi connectivity index (χ1v) is 28.0. The van der Waals surface area contributed by atoms with Gasteiger partial charge in [0.05, 0.1) is 33.9 Å². The Morgan fingerprint density at radius 1 is 0.778 bits per heavy atom. The van der Waals surface area contributed by atoms with E-state index in [1.807, 2.05) is 69.0 Å². The monoisotopic (exact) mass is 993 g/mol. The molecule has 0 aromatic heterocycles. The maximum absolute atomic E-state index is 12.2. The van der Waals surface area contributed by atoms with Crippen molar-refractivity contribution in [2.75, 3.05) is 40.3 Å². The first-order valence-electron chi connectivity index (χ1n) is 19.8. The Hall–Kier alpha value is -2.91. The molecule has 2 aliphatic heterocycles. The summed E-state index contributed by atoms with van der Waals surface area (Å²) in [5.74, 6) is -0.442. The number of hydrogen-bond donors (Lipinski definition) is 5. The molecule has 0 unspecified atom stereocenters. The third-order valence-electron chi connectivity index (χ3n) is 11.3. The molecular weight excluding hydrogens is 941 g/mol. The van der Waals surface area contributed by atoms with Gasteiger partial charge in [-0.1, -0.05) is 31.0 Å². The molecule has 1 aliphatic carbocycles. The van der Waals surface area contributed by atoms with E-state index in [0.717, 1.165) is 63.2 Å². The minimum Gasteiger partial charge on any atom is -0.344 e. The van der Waals surface area contributed by atoms with Crippen LogP contribution in [0.1, 0.15) is 83.8 Å². The predicted molar refractivity (Wildman–Crippen MR) is 243 cm³/mol. The van der Waals surface area contributed by atoms with Crippen LogP contribution in [0.4, 0.5) is 11.4 Å². The summed E-state index contributed by atoms with van der Waals surface area (Å²) in [4.78, 5) is 2.36. The van der Waals surface area contributed by atoms with Crippen molar-refractivity contribution in [1.29, 1.82) is 0 Å². The number of nitrogens with zero attached hydrogens (tertiary/aromatic N) is 2. The fraction of sp³-hybridized carbons (Fsp3) is 0.475. The van der Waals surface area contributed by atoms with Crippen molar-refractivity contribution >= 4 is 81.4 Å². The van der Waals surface area contributed by atoms with E-state index in [1.54, 1.807) is 12.1 Å². The zero-order valence-electron chi connectivity index (χ0n) is 35.1. The average Bonchev–Trinajstić information content (AvgIpc) is 3.72. The summed E-state index contributed by atoms with van der Waals surface area (Å²) in [5, 5.41) is 12.0. The van der Waals surface area contributed by atoms with Crippen LogP contribution in [0, 0.1) is 0 Å². The second kappa shape index (κ2) is 20.3. The molecule has 0 saturated carbocycles. The molecule has 0 bridgehead atoms. The molecule has 2 heterocycles. The second-order valence-electron chi connectivity index (χ2n) is 16.4. The number of allylic oxidation sites excluding steroid dienone is 8. The average molecular weight is 994 g/mol. The lowest BCUT2D eigenvalue weighted by molar-refractivity contribution is -0.438. The summed E-state index contributed by atoms with van der Waals surface area (Å²) >= 11 is 1.89. The van der Waals surface area contributed by atoms with E-state index in [4.69, 9.17) is 5.26 Å². The summed E-state index contributed by atoms with van der Waals surface area (Å²) in [6.45, 7) is 8.68. The minimum absolute atomic E-state index is 0.169. The lowest BCUT2D eigenvalue weighted by Gasteiger charge is -2.27. The van der Waals surface area contributed by atoms with Crippen molar-refractivity contribution in [2.45, 2.75) is 93.3 Å². The van der Waals surface area contributed by atoms with E-state index >= 15 is 0 Å². The second-order valence-corrected chi connectivity index (χ2v) is 24.7. The number of unbranched alkanes of at least 4 members (excludes halogenated alkanes) is 2. The van der Waals surface area contributed by atoms with Crippen LogP contribution >= 0.6 is 23.8 Å². The van der Waals surface area contributed by atoms with Crippen molar-refractivity contribution in [3.8, 4) is 0 Å². The Bertz CT molecular complexity index is 2690. The van der Waals surface area contributed by atoms with Gasteiger partial charge in [-0.3, -0.25) is 18.2 Å². The van der Waals surface area contributed by atoms with Crippen LogP contribution < -0.4 is 4.90 Å². The van der Waals surface area contributed by atoms with Crippen LogP contribution in [-0.4, -0.2) is 103 Å². The van der Waals surface area contributed by atoms with Crippen molar-refractivity contribution < 1.29 is 71.1 Å². The number of anilines is 1. The van der Waals surface area contributed by atoms with Crippen molar-refractivity contribution in [2.24, 2.45) is 0 Å². The highest BCUT2D eigenvalue weighted by Crippen LogP contribution is 2.49. The molecule has 5 rings (SSSR count). The Morgan fingerprint density at radius 3 is 2.10 bits per heavy atom. The highest BCUT2D eigenvalue weighted by Gasteiger charge is 2.45. The van der Waals surface area contributed by atoms with Crippen molar-refractivity contribution in [1.82, 2.24) is 0 Å². The molecule has 0 radical (unpaired) electrons. The zero-order valence-corrected chi connectivity index (χ0v) is 40.0. The minimum atomic E-state index is -4.53. The van der Waals surface area contributed by atoms with Crippen molar-refractivity contribution in [3.63, 3.8) is 0 Å². The lowest BCUT2D eigenvalue weighted by Crippen LogP contribution is -2.28. The first kappa shape index (κ1) is 51.1. The topological polar surface area (TPSA) is 262 Å². The molecule has 0 fully saturated rings. The van der Waals surface area contributed by atoms with Crippen LogP contribution in [-0.2, 0) is 60.7 Å². The predicted octanol–water partition coefficient (Wildman–Crippen LogP) is 7.30. The van der Waals surface area contributed by atoms with Gasteiger partial charge in [0.2, 0.25) is 5.69 Å². The number of fused-ring (bicyclic) bond motifs is 2. The summed E-state index contributed by atoms with van der Waals surface area (Å²) in [6.07, 6.45) is 10.8. The molecule has 23 heteroatoms. The SMILES string of the molecule is CC1(C)C(C=CC2=C(CCSCS(=O)(=O)O)C(=C/C=C3/N(CCCCS(=O)(=O)O)c4ccc(S(=O)(=O)O)cc4C3(C)C)CC2)=[N+](CCCCS(=O)(=O)O)c2ccc(SOOO)cc21. The number of thioether (sulfide) groups is 1. The zero-order chi connectivity index (χ0) is 46.6. The van der Waals surface area contributed by atoms with E-state index in [9.17, 15) is 51.9 Å². The molecule has 2 aromatic carbocycles. The Kier molecular flexibility index (Phi) is 16.5. The fourth-order valence-electron chi connectivity index (χ4n) is 8.33. The highest BCUT2D eigenvalue weighted by atomic mass is 32.3. The molecule has 3 aliphatic rings. The van der Waals surface area contributed by atoms with Gasteiger partial charge in [0.15, 0.2) is 5.71 Å². The van der Waals surface area contributed by atoms with Crippen molar-refractivity contribution in [3.05, 3.63) is 94.2 Å². The summed E-state index contributed by atoms with van der Waals surface area (Å²) in [6, 6.07) is 9.93. The van der Waals surface area contributed by atoms with Gasteiger partial charge in [0.25, 0.3) is 40.5 Å². The normalized spacial score (nSPS) is 19.0. The third-order valence-corrected chi connectivity index (χ3v) is 16.7. The summed E-state index contributed by atoms with van der Waals surface area (Å²) < 4.78 is 138. The molecule has 5 N–H and O–H groups in total. The molecule has 0 spiro atoms. The lowest BCUT2D eigenvalue weighted by atomic mass is 9.81. The van der Waals surface area contributed by atoms with Crippen LogP contribution in [0.25, 0.3) is 0 Å². The van der Waals surface area contributed by atoms with Crippen LogP contribution in [0.5, 0.6) is 0 Å². The maximum atomic E-state index is 12.2. The number of benzene rings is 2. The standard InChI is InChI=1S/C40H52N2O15S6/c1-39(2)33-25-30(59-57-56-43)13-15-35(33)41(20-5-7-23-60(44,45)46)37(39)17-11-28-9-10-29(32(28)19-22-58-27-62(50,51)52)12-18-38-40(3,4)34-26-31(63(53,54)55)14-16-36(34)42(38)21-6-8-24-61(47,48)49/h11-18,25-26H,5-10,19-24,27H2,1-4H3,(H4-,43,44,45,46,47,48,49,50,51,52,53,54,55)/p+1. The molecule has 63 heavy (non-hydrogen) atoms. The van der Waals surface area contributed by atoms with Gasteiger partial charge in [-0.05, 0) is 117 Å². The van der Waals surface area contributed by atoms with Crippen LogP contribution in [0.2, 0.25) is 0 Å². The molecular formula is C40H53N2O15S6+. The quantitative estimate of drug-likeness (QED) is 0.0193. The third kappa shape index (κ3) is 13.4. The van der Waals surface area contributed by atoms with Gasteiger partial charge in [-0.2, -0.15) is 38.2 Å². The van der Waals surface area contributed by atoms with Gasteiger partial charge < -0.3 is 4.90 Å². The molecule has 348 valence electrons. The maximum Gasteiger partial charge on any atom is 0.294 e. The summed E-state index contributed by atoms with van der Waals surface area (Å²) in [5.41, 5.74) is 6.32. The van der Waals surface area contributed by atoms with E-state index in [-0.39, 0.29) is 23.5 Å². The summed E-state index contributed by atoms with van der Waals surface area (Å²) in [7, 11) is -17.1. The van der Waals surface area contributed by atoms with Gasteiger partial charge in [0.1, 0.15) is 11.6 Å². The molecule has 17 nitrogen and oxygen atoms in total. The Morgan fingerprint density at radius 2 is 1.46 bits per heavy atom. The highest BCUT2D eigenvalue weighted by molar-refractivity contribution is 8.10. The van der Waals surface area contributed by atoms with Gasteiger partial charge in [-0.25, -0.2) is 5.26 Å². The number of hydrogen-bond acceptors (Lipinski definition) is 14. The largest absolute Gasteiger partial charge is 0.344 e. The molecule has 2 aromatic rings. The number of rotatable bonds is 22. The molecule has 0 saturated heterocycles. The van der Waals surface area contributed by atoms with Gasteiger partial charge in [0, 0.05) is 52.4 Å². The van der Waals surface area contributed by atoms with Gasteiger partial charge in [-0.15, -0.1) is 16.1 Å². The molecule has 0 amide bonds. The smallest absolute Gasteiger partial charge is 0.294 e. The van der Waals surface area contributed by atoms with E-state index in [0.29, 0.717) is 67.1 Å². The fourth-order valence-corrected chi connectivity index (χ4v) is 12.0. The van der Waals surface area contributed by atoms with E-state index < -0.39 is 62.1 Å². The van der Waals surface area contributed by atoms with Crippen LogP contribution in [0.15, 0.2) is 92.9 Å². The van der Waals surface area contributed by atoms with Gasteiger partial charge >= 0.3 is 0 Å². The van der Waals surface area contributed by atoms with E-state index in [2.05, 4.69) is 13.9 Å². The molecule has 0 atom stereocenters. The van der Waals surface area contributed by atoms with Crippen LogP contribution in [0.3, 0.4) is 0 Å². The van der Waals surface area contributed by atoms with E-state index in [1.165, 1.54) is 12.1 Å². The first-order chi connectivity index (χ1) is 29.2. The Balaban J connectivity index is 1.57. The Labute approximate surface area is 378 Å².